The summed E-state index contributed by atoms with van der Waals surface area (Å²) in [5.41, 5.74) is 4.98. The van der Waals surface area contributed by atoms with Gasteiger partial charge < -0.3 is 10.1 Å². The van der Waals surface area contributed by atoms with Crippen LogP contribution in [-0.4, -0.2) is 44.0 Å². The lowest BCUT2D eigenvalue weighted by molar-refractivity contribution is -0.274. The second-order valence-electron chi connectivity index (χ2n) is 11.2. The van der Waals surface area contributed by atoms with Crippen molar-refractivity contribution in [1.29, 1.82) is 0 Å². The van der Waals surface area contributed by atoms with Gasteiger partial charge in [0.15, 0.2) is 11.0 Å². The number of hydrogen-bond donors (Lipinski definition) is 1. The second-order valence-corrected chi connectivity index (χ2v) is 12.2. The molecule has 1 saturated heterocycles. The van der Waals surface area contributed by atoms with Crippen molar-refractivity contribution in [3.05, 3.63) is 95.6 Å². The summed E-state index contributed by atoms with van der Waals surface area (Å²) in [5, 5.41) is 7.66. The molecule has 4 aromatic rings. The molecule has 0 spiro atoms. The van der Waals surface area contributed by atoms with E-state index in [4.69, 9.17) is 0 Å². The van der Waals surface area contributed by atoms with Gasteiger partial charge in [-0.2, -0.15) is 10.1 Å². The van der Waals surface area contributed by atoms with E-state index in [1.165, 1.54) is 51.9 Å². The number of anilines is 2. The van der Waals surface area contributed by atoms with Gasteiger partial charge in [-0.3, -0.25) is 9.69 Å². The average molecular weight is 635 g/mol. The van der Waals surface area contributed by atoms with E-state index in [1.807, 2.05) is 49.4 Å². The number of urea groups is 1. The monoisotopic (exact) mass is 634 g/mol. The highest BCUT2D eigenvalue weighted by atomic mass is 32.2. The number of nitrogens with zero attached hydrogens (tertiary/aromatic N) is 5. The van der Waals surface area contributed by atoms with Crippen LogP contribution in [0.1, 0.15) is 60.5 Å². The first-order chi connectivity index (χ1) is 21.4. The summed E-state index contributed by atoms with van der Waals surface area (Å²) < 4.78 is 42.7. The lowest BCUT2D eigenvalue weighted by Crippen LogP contribution is -2.31. The zero-order chi connectivity index (χ0) is 31.9. The number of thioether (sulfide) groups is 1. The predicted octanol–water partition coefficient (Wildman–Crippen LogP) is 7.54. The molecule has 2 fully saturated rings. The number of amides is 3. The Bertz CT molecular complexity index is 1770. The summed E-state index contributed by atoms with van der Waals surface area (Å²) in [6.07, 6.45) is -2.37. The number of carbonyl (C=O) groups is 2. The Balaban J connectivity index is 1.08. The summed E-state index contributed by atoms with van der Waals surface area (Å²) in [6.45, 7) is 6.08. The van der Waals surface area contributed by atoms with Crippen molar-refractivity contribution < 1.29 is 27.5 Å². The molecule has 1 N–H and O–H groups in total. The van der Waals surface area contributed by atoms with E-state index >= 15 is 0 Å². The van der Waals surface area contributed by atoms with Gasteiger partial charge in [0.25, 0.3) is 0 Å². The first-order valence-corrected chi connectivity index (χ1v) is 15.3. The number of aromatic nitrogens is 3. The Morgan fingerprint density at radius 1 is 1.07 bits per heavy atom. The number of aryl methyl sites for hydroxylation is 1. The minimum atomic E-state index is -4.75. The number of amidine groups is 1. The molecule has 0 bridgehead atoms. The number of halogens is 3. The quantitative estimate of drug-likeness (QED) is 0.226. The van der Waals surface area contributed by atoms with E-state index in [2.05, 4.69) is 39.0 Å². The minimum Gasteiger partial charge on any atom is -0.406 e. The highest BCUT2D eigenvalue weighted by molar-refractivity contribution is 8.15. The molecule has 2 unspecified atom stereocenters. The highest BCUT2D eigenvalue weighted by Gasteiger charge is 2.42. The normalized spacial score (nSPS) is 19.0. The molecule has 1 aromatic heterocycles. The Morgan fingerprint density at radius 3 is 2.49 bits per heavy atom. The van der Waals surface area contributed by atoms with Crippen molar-refractivity contribution in [1.82, 2.24) is 14.8 Å². The number of benzene rings is 3. The zero-order valence-electron chi connectivity index (χ0n) is 24.6. The Kier molecular flexibility index (Phi) is 8.12. The summed E-state index contributed by atoms with van der Waals surface area (Å²) in [5.74, 6) is 0.927. The molecule has 1 aliphatic heterocycles. The van der Waals surface area contributed by atoms with Crippen LogP contribution in [0.25, 0.3) is 5.69 Å². The number of carbonyl (C=O) groups excluding carboxylic acids is 2. The summed E-state index contributed by atoms with van der Waals surface area (Å²) in [7, 11) is 0. The fraction of sp³-hybridized carbons (Fsp3) is 0.281. The number of hydrogen-bond acceptors (Lipinski definition) is 6. The molecule has 232 valence electrons. The molecule has 0 radical (unpaired) electrons. The fourth-order valence-corrected chi connectivity index (χ4v) is 6.15. The summed E-state index contributed by atoms with van der Waals surface area (Å²) in [4.78, 5) is 35.9. The van der Waals surface area contributed by atoms with Crippen molar-refractivity contribution in [2.24, 2.45) is 4.99 Å². The maximum absolute atomic E-state index is 12.9. The molecule has 13 heteroatoms. The third-order valence-corrected chi connectivity index (χ3v) is 8.49. The molecule has 1 saturated carbocycles. The van der Waals surface area contributed by atoms with Crippen LogP contribution in [0, 0.1) is 6.92 Å². The zero-order valence-corrected chi connectivity index (χ0v) is 25.4. The largest absolute Gasteiger partial charge is 0.573 e. The van der Waals surface area contributed by atoms with Crippen LogP contribution in [0.15, 0.2) is 78.0 Å². The van der Waals surface area contributed by atoms with Crippen LogP contribution in [0.3, 0.4) is 0 Å². The van der Waals surface area contributed by atoms with Crippen LogP contribution in [0.4, 0.5) is 29.3 Å². The van der Waals surface area contributed by atoms with Gasteiger partial charge in [0, 0.05) is 11.6 Å². The van der Waals surface area contributed by atoms with Gasteiger partial charge in [-0.05, 0) is 84.3 Å². The summed E-state index contributed by atoms with van der Waals surface area (Å²) >= 11 is 1.24. The Labute approximate surface area is 261 Å². The van der Waals surface area contributed by atoms with Crippen LogP contribution in [-0.2, 0) is 4.79 Å². The first-order valence-electron chi connectivity index (χ1n) is 14.3. The van der Waals surface area contributed by atoms with Crippen molar-refractivity contribution in [2.75, 3.05) is 16.0 Å². The van der Waals surface area contributed by atoms with Gasteiger partial charge in [0.05, 0.1) is 17.1 Å². The highest BCUT2D eigenvalue weighted by Crippen LogP contribution is 2.53. The van der Waals surface area contributed by atoms with E-state index in [9.17, 15) is 22.8 Å². The lowest BCUT2D eigenvalue weighted by atomic mass is 9.99. The standard InChI is InChI=1S/C32H29F3N6O3S/c1-18(2)24-13-4-19(3)14-27(24)41-28(42)16-45-31(41)38-30(43)37-21-7-5-20(6-8-21)25-15-26(25)29-36-17-40(39-29)22-9-11-23(12-10-22)44-32(33,34)35/h4-14,17-18,25-26H,15-16H2,1-3H3,(H,37,43). The van der Waals surface area contributed by atoms with E-state index in [0.717, 1.165) is 28.8 Å². The van der Waals surface area contributed by atoms with Crippen LogP contribution < -0.4 is 15.0 Å². The van der Waals surface area contributed by atoms with Crippen molar-refractivity contribution in [3.8, 4) is 11.4 Å². The van der Waals surface area contributed by atoms with E-state index in [-0.39, 0.29) is 35.2 Å². The molecule has 3 amide bonds. The number of nitrogens with one attached hydrogen (secondary N) is 1. The lowest BCUT2D eigenvalue weighted by Gasteiger charge is -2.22. The number of rotatable bonds is 7. The van der Waals surface area contributed by atoms with Gasteiger partial charge in [-0.15, -0.1) is 13.2 Å². The van der Waals surface area contributed by atoms with E-state index in [0.29, 0.717) is 22.4 Å². The molecule has 2 atom stereocenters. The smallest absolute Gasteiger partial charge is 0.406 e. The maximum atomic E-state index is 12.9. The molecule has 1 aliphatic carbocycles. The third-order valence-electron chi connectivity index (χ3n) is 7.57. The minimum absolute atomic E-state index is 0.103. The first kappa shape index (κ1) is 30.4. The Morgan fingerprint density at radius 2 is 1.80 bits per heavy atom. The van der Waals surface area contributed by atoms with Crippen molar-refractivity contribution in [3.63, 3.8) is 0 Å². The van der Waals surface area contributed by atoms with E-state index < -0.39 is 12.4 Å². The van der Waals surface area contributed by atoms with Gasteiger partial charge in [-0.1, -0.05) is 49.9 Å². The van der Waals surface area contributed by atoms with Crippen LogP contribution in [0.5, 0.6) is 5.75 Å². The summed E-state index contributed by atoms with van der Waals surface area (Å²) in [6, 6.07) is 18.3. The van der Waals surface area contributed by atoms with Gasteiger partial charge in [0.1, 0.15) is 12.1 Å². The molecule has 6 rings (SSSR count). The molecule has 2 heterocycles. The fourth-order valence-electron chi connectivity index (χ4n) is 5.29. The molecule has 9 nitrogen and oxygen atoms in total. The molecule has 2 aliphatic rings. The van der Waals surface area contributed by atoms with Gasteiger partial charge >= 0.3 is 12.4 Å². The molecular formula is C32H29F3N6O3S. The second kappa shape index (κ2) is 12.0. The topological polar surface area (TPSA) is 102 Å². The molecule has 3 aromatic carbocycles. The molecule has 45 heavy (non-hydrogen) atoms. The van der Waals surface area contributed by atoms with Gasteiger partial charge in [-0.25, -0.2) is 14.5 Å². The molecular weight excluding hydrogens is 605 g/mol. The van der Waals surface area contributed by atoms with Crippen LogP contribution in [0.2, 0.25) is 0 Å². The number of aliphatic imine (C=N–C) groups is 1. The SMILES string of the molecule is Cc1ccc(C(C)C)c(N2C(=O)CSC2=NC(=O)Nc2ccc(C3CC3c3ncn(-c4ccc(OC(F)(F)F)cc4)n3)cc2)c1. The van der Waals surface area contributed by atoms with Crippen molar-refractivity contribution in [2.45, 2.75) is 51.3 Å². The number of alkyl halides is 3. The van der Waals surface area contributed by atoms with Gasteiger partial charge in [0.2, 0.25) is 5.91 Å². The average Bonchev–Trinajstić information content (AvgIpc) is 3.47. The Hall–Kier alpha value is -4.65. The van der Waals surface area contributed by atoms with E-state index in [1.54, 1.807) is 0 Å². The van der Waals surface area contributed by atoms with Crippen molar-refractivity contribution >= 4 is 40.2 Å². The predicted molar refractivity (Wildman–Crippen MR) is 166 cm³/mol. The number of ether oxygens (including phenoxy) is 1. The van der Waals surface area contributed by atoms with Crippen LogP contribution >= 0.6 is 11.8 Å². The maximum Gasteiger partial charge on any atom is 0.573 e. The third kappa shape index (κ3) is 6.88.